The topological polar surface area (TPSA) is 9.23 Å². The molecule has 1 rings (SSSR count). The molecule has 0 saturated carbocycles. The summed E-state index contributed by atoms with van der Waals surface area (Å²) in [7, 11) is 0. The predicted molar refractivity (Wildman–Crippen MR) is 69.8 cm³/mol. The third-order valence-electron chi connectivity index (χ3n) is 2.63. The monoisotopic (exact) mass is 219 g/mol. The van der Waals surface area contributed by atoms with Gasteiger partial charge in [0.05, 0.1) is 6.61 Å². The van der Waals surface area contributed by atoms with Gasteiger partial charge in [0, 0.05) is 0 Å². The van der Waals surface area contributed by atoms with Gasteiger partial charge < -0.3 is 4.74 Å². The first-order valence-corrected chi connectivity index (χ1v) is 6.06. The minimum absolute atomic E-state index is 0.215. The lowest BCUT2D eigenvalue weighted by Crippen LogP contribution is -2.10. The first kappa shape index (κ1) is 13.1. The minimum Gasteiger partial charge on any atom is -0.494 e. The lowest BCUT2D eigenvalue weighted by Gasteiger charge is -2.19. The molecule has 89 valence electrons. The molecule has 0 saturated heterocycles. The zero-order valence-corrected chi connectivity index (χ0v) is 10.8. The van der Waals surface area contributed by atoms with E-state index in [0.717, 1.165) is 31.6 Å². The first-order chi connectivity index (χ1) is 7.54. The minimum atomic E-state index is 0.215. The summed E-state index contributed by atoms with van der Waals surface area (Å²) in [5.41, 5.74) is 1.56. The Kier molecular flexibility index (Phi) is 4.85. The van der Waals surface area contributed by atoms with Crippen LogP contribution in [0.15, 0.2) is 24.3 Å². The summed E-state index contributed by atoms with van der Waals surface area (Å²) in [6, 6.07) is 8.42. The van der Waals surface area contributed by atoms with Crippen LogP contribution in [-0.4, -0.2) is 6.61 Å². The van der Waals surface area contributed by atoms with Gasteiger partial charge in [-0.1, -0.05) is 52.7 Å². The van der Waals surface area contributed by atoms with E-state index in [1.165, 1.54) is 5.56 Å². The largest absolute Gasteiger partial charge is 0.494 e. The van der Waals surface area contributed by atoms with Crippen LogP contribution >= 0.6 is 0 Å². The standard InChI is InChI=1S/C15H23O/c1-5-6-7-12-16-14-10-8-13(9-11-14)15(2,3)4/h8-11H,1,5-7,12H2,2-4H3. The van der Waals surface area contributed by atoms with Crippen LogP contribution in [-0.2, 0) is 5.41 Å². The molecule has 1 aromatic carbocycles. The second kappa shape index (κ2) is 5.93. The van der Waals surface area contributed by atoms with Crippen LogP contribution in [0.1, 0.15) is 45.6 Å². The molecule has 0 heterocycles. The summed E-state index contributed by atoms with van der Waals surface area (Å²) in [5, 5.41) is 0. The molecule has 0 aromatic heterocycles. The Morgan fingerprint density at radius 3 is 2.19 bits per heavy atom. The molecule has 0 atom stereocenters. The summed E-state index contributed by atoms with van der Waals surface area (Å²) in [6.07, 6.45) is 3.22. The van der Waals surface area contributed by atoms with Crippen LogP contribution in [0.25, 0.3) is 0 Å². The number of unbranched alkanes of at least 4 members (excludes halogenated alkanes) is 2. The van der Waals surface area contributed by atoms with Crippen molar-refractivity contribution >= 4 is 0 Å². The zero-order valence-electron chi connectivity index (χ0n) is 10.8. The van der Waals surface area contributed by atoms with Crippen LogP contribution in [0.4, 0.5) is 0 Å². The lowest BCUT2D eigenvalue weighted by molar-refractivity contribution is 0.307. The number of ether oxygens (including phenoxy) is 1. The van der Waals surface area contributed by atoms with Crippen molar-refractivity contribution in [2.45, 2.75) is 45.4 Å². The summed E-state index contributed by atoms with van der Waals surface area (Å²) in [6.45, 7) is 11.3. The normalized spacial score (nSPS) is 11.5. The second-order valence-corrected chi connectivity index (χ2v) is 5.18. The van der Waals surface area contributed by atoms with Gasteiger partial charge in [-0.2, -0.15) is 0 Å². The van der Waals surface area contributed by atoms with Crippen molar-refractivity contribution in [1.29, 1.82) is 0 Å². The Labute approximate surface area is 99.8 Å². The van der Waals surface area contributed by atoms with Crippen LogP contribution in [0.2, 0.25) is 0 Å². The molecule has 0 spiro atoms. The van der Waals surface area contributed by atoms with Crippen LogP contribution in [0, 0.1) is 6.92 Å². The smallest absolute Gasteiger partial charge is 0.119 e. The van der Waals surface area contributed by atoms with Crippen molar-refractivity contribution in [2.75, 3.05) is 6.61 Å². The average molecular weight is 219 g/mol. The molecule has 1 radical (unpaired) electrons. The molecule has 1 heteroatoms. The number of benzene rings is 1. The van der Waals surface area contributed by atoms with Gasteiger partial charge in [-0.05, 0) is 29.5 Å². The van der Waals surface area contributed by atoms with Crippen molar-refractivity contribution in [1.82, 2.24) is 0 Å². The van der Waals surface area contributed by atoms with E-state index in [-0.39, 0.29) is 5.41 Å². The molecule has 0 aliphatic carbocycles. The van der Waals surface area contributed by atoms with Crippen LogP contribution in [0.5, 0.6) is 5.75 Å². The predicted octanol–water partition coefficient (Wildman–Crippen LogP) is 4.37. The summed E-state index contributed by atoms with van der Waals surface area (Å²) in [5.74, 6) is 0.970. The van der Waals surface area contributed by atoms with Crippen molar-refractivity contribution in [2.24, 2.45) is 0 Å². The molecular formula is C15H23O. The molecule has 0 fully saturated rings. The molecule has 0 aliphatic rings. The van der Waals surface area contributed by atoms with Crippen LogP contribution < -0.4 is 4.74 Å². The van der Waals surface area contributed by atoms with E-state index in [0.29, 0.717) is 0 Å². The Hall–Kier alpha value is -0.980. The summed E-state index contributed by atoms with van der Waals surface area (Å²) >= 11 is 0. The maximum Gasteiger partial charge on any atom is 0.119 e. The van der Waals surface area contributed by atoms with Gasteiger partial charge in [-0.15, -0.1) is 0 Å². The first-order valence-electron chi connectivity index (χ1n) is 6.06. The molecule has 0 unspecified atom stereocenters. The number of hydrogen-bond donors (Lipinski definition) is 0. The molecule has 0 aliphatic heterocycles. The van der Waals surface area contributed by atoms with E-state index >= 15 is 0 Å². The molecule has 1 nitrogen and oxygen atoms in total. The molecular weight excluding hydrogens is 196 g/mol. The van der Waals surface area contributed by atoms with Gasteiger partial charge in [0.25, 0.3) is 0 Å². The van der Waals surface area contributed by atoms with Gasteiger partial charge in [0.1, 0.15) is 5.75 Å². The van der Waals surface area contributed by atoms with Gasteiger partial charge in [-0.25, -0.2) is 0 Å². The fraction of sp³-hybridized carbons (Fsp3) is 0.533. The molecule has 0 amide bonds. The van der Waals surface area contributed by atoms with Gasteiger partial charge >= 0.3 is 0 Å². The van der Waals surface area contributed by atoms with E-state index in [9.17, 15) is 0 Å². The van der Waals surface area contributed by atoms with E-state index in [4.69, 9.17) is 4.74 Å². The highest BCUT2D eigenvalue weighted by molar-refractivity contribution is 5.31. The second-order valence-electron chi connectivity index (χ2n) is 5.18. The van der Waals surface area contributed by atoms with Gasteiger partial charge in [0.15, 0.2) is 0 Å². The van der Waals surface area contributed by atoms with Gasteiger partial charge in [-0.3, -0.25) is 0 Å². The fourth-order valence-electron chi connectivity index (χ4n) is 1.52. The number of hydrogen-bond acceptors (Lipinski definition) is 1. The maximum absolute atomic E-state index is 5.65. The summed E-state index contributed by atoms with van der Waals surface area (Å²) < 4.78 is 5.65. The number of rotatable bonds is 5. The van der Waals surface area contributed by atoms with Crippen LogP contribution in [0.3, 0.4) is 0 Å². The fourth-order valence-corrected chi connectivity index (χ4v) is 1.52. The molecule has 0 N–H and O–H groups in total. The SMILES string of the molecule is [CH2]CCCCOc1ccc(C(C)(C)C)cc1. The van der Waals surface area contributed by atoms with Crippen molar-refractivity contribution in [3.63, 3.8) is 0 Å². The third kappa shape index (κ3) is 4.26. The quantitative estimate of drug-likeness (QED) is 0.668. The Balaban J connectivity index is 2.46. The molecule has 16 heavy (non-hydrogen) atoms. The highest BCUT2D eigenvalue weighted by Crippen LogP contribution is 2.24. The van der Waals surface area contributed by atoms with E-state index in [1.807, 2.05) is 0 Å². The summed E-state index contributed by atoms with van der Waals surface area (Å²) in [4.78, 5) is 0. The Morgan fingerprint density at radius 2 is 1.69 bits per heavy atom. The maximum atomic E-state index is 5.65. The van der Waals surface area contributed by atoms with Crippen molar-refractivity contribution in [3.8, 4) is 5.75 Å². The van der Waals surface area contributed by atoms with Crippen molar-refractivity contribution in [3.05, 3.63) is 36.8 Å². The van der Waals surface area contributed by atoms with E-state index in [1.54, 1.807) is 0 Å². The Morgan fingerprint density at radius 1 is 1.06 bits per heavy atom. The van der Waals surface area contributed by atoms with E-state index in [2.05, 4.69) is 52.0 Å². The van der Waals surface area contributed by atoms with E-state index < -0.39 is 0 Å². The van der Waals surface area contributed by atoms with Crippen molar-refractivity contribution < 1.29 is 4.74 Å². The average Bonchev–Trinajstić information content (AvgIpc) is 2.24. The highest BCUT2D eigenvalue weighted by atomic mass is 16.5. The molecule has 0 bridgehead atoms. The zero-order chi connectivity index (χ0) is 12.0. The van der Waals surface area contributed by atoms with Gasteiger partial charge in [0.2, 0.25) is 0 Å². The third-order valence-corrected chi connectivity index (χ3v) is 2.63. The Bertz CT molecular complexity index is 292. The lowest BCUT2D eigenvalue weighted by atomic mass is 9.87. The highest BCUT2D eigenvalue weighted by Gasteiger charge is 2.12. The molecule has 1 aromatic rings.